The van der Waals surface area contributed by atoms with Crippen LogP contribution >= 0.6 is 0 Å². The molecule has 4 nitrogen and oxygen atoms in total. The summed E-state index contributed by atoms with van der Waals surface area (Å²) in [6.45, 7) is 26.3. The second-order valence-electron chi connectivity index (χ2n) is 19.5. The van der Waals surface area contributed by atoms with Crippen LogP contribution in [0.15, 0.2) is 127 Å². The fraction of sp³-hybridized carbons (Fsp3) is 0.281. The molecule has 0 saturated heterocycles. The fourth-order valence-electron chi connectivity index (χ4n) is 7.43. The number of benzene rings is 6. The molecule has 1 N–H and O–H groups in total. The number of ketones is 1. The summed E-state index contributed by atoms with van der Waals surface area (Å²) in [5, 5.41) is 19.5. The second kappa shape index (κ2) is 18.9. The van der Waals surface area contributed by atoms with E-state index in [0.717, 1.165) is 33.6 Å². The third kappa shape index (κ3) is 11.1. The van der Waals surface area contributed by atoms with E-state index in [0.29, 0.717) is 0 Å². The van der Waals surface area contributed by atoms with Crippen molar-refractivity contribution in [2.75, 3.05) is 0 Å². The van der Waals surface area contributed by atoms with E-state index in [1.807, 2.05) is 53.9 Å². The van der Waals surface area contributed by atoms with Gasteiger partial charge in [-0.25, -0.2) is 0 Å². The van der Waals surface area contributed by atoms with E-state index in [9.17, 15) is 9.90 Å². The zero-order valence-corrected chi connectivity index (χ0v) is 41.0. The molecular formula is C57H60IrN2O2-2. The summed E-state index contributed by atoms with van der Waals surface area (Å²) in [6, 6.07) is 43.9. The van der Waals surface area contributed by atoms with Gasteiger partial charge < -0.3 is 15.1 Å². The Morgan fingerprint density at radius 1 is 0.532 bits per heavy atom. The van der Waals surface area contributed by atoms with Gasteiger partial charge in [-0.3, -0.25) is 4.79 Å². The number of aromatic nitrogens is 2. The molecule has 8 aromatic rings. The van der Waals surface area contributed by atoms with Crippen molar-refractivity contribution in [3.8, 4) is 22.5 Å². The van der Waals surface area contributed by atoms with Gasteiger partial charge in [-0.05, 0) is 77.6 Å². The number of aliphatic hydroxyl groups is 1. The van der Waals surface area contributed by atoms with Crippen LogP contribution in [0.3, 0.4) is 0 Å². The largest absolute Gasteiger partial charge is 0.512 e. The van der Waals surface area contributed by atoms with Gasteiger partial charge in [0.2, 0.25) is 0 Å². The van der Waals surface area contributed by atoms with Crippen molar-refractivity contribution in [2.45, 2.75) is 95.4 Å². The Morgan fingerprint density at radius 2 is 1.00 bits per heavy atom. The number of allylic oxidation sites excluding steroid dienone is 2. The predicted molar refractivity (Wildman–Crippen MR) is 259 cm³/mol. The van der Waals surface area contributed by atoms with Crippen LogP contribution in [-0.2, 0) is 30.3 Å². The average Bonchev–Trinajstić information content (AvgIpc) is 3.18. The summed E-state index contributed by atoms with van der Waals surface area (Å²) < 4.78 is 0. The molecule has 2 heterocycles. The van der Waals surface area contributed by atoms with Crippen molar-refractivity contribution in [1.82, 2.24) is 9.97 Å². The van der Waals surface area contributed by atoms with Crippen molar-refractivity contribution in [3.63, 3.8) is 0 Å². The number of nitrogens with zero attached hydrogens (tertiary/aromatic N) is 2. The maximum absolute atomic E-state index is 11.5. The third-order valence-corrected chi connectivity index (χ3v) is 10.9. The molecule has 2 aromatic heterocycles. The molecule has 0 unspecified atom stereocenters. The molecule has 8 rings (SSSR count). The van der Waals surface area contributed by atoms with Gasteiger partial charge in [0.05, 0.1) is 0 Å². The van der Waals surface area contributed by atoms with Gasteiger partial charge in [-0.1, -0.05) is 157 Å². The van der Waals surface area contributed by atoms with Crippen molar-refractivity contribution in [3.05, 3.63) is 167 Å². The Morgan fingerprint density at radius 3 is 1.47 bits per heavy atom. The second-order valence-corrected chi connectivity index (χ2v) is 19.5. The maximum atomic E-state index is 11.5. The molecule has 0 atom stereocenters. The molecule has 321 valence electrons. The Bertz CT molecular complexity index is 2900. The molecule has 5 heteroatoms. The summed E-state index contributed by atoms with van der Waals surface area (Å²) >= 11 is 0. The molecule has 0 aliphatic rings. The number of carbonyl (C=O) groups is 1. The average molecular weight is 997 g/mol. The van der Waals surface area contributed by atoms with Gasteiger partial charge in [0, 0.05) is 49.4 Å². The molecular weight excluding hydrogens is 937 g/mol. The molecule has 0 fully saturated rings. The topological polar surface area (TPSA) is 63.1 Å². The van der Waals surface area contributed by atoms with Crippen LogP contribution in [0.25, 0.3) is 65.6 Å². The molecule has 0 saturated carbocycles. The molecule has 62 heavy (non-hydrogen) atoms. The monoisotopic (exact) mass is 997 g/mol. The van der Waals surface area contributed by atoms with E-state index in [2.05, 4.69) is 169 Å². The van der Waals surface area contributed by atoms with Crippen LogP contribution < -0.4 is 0 Å². The number of hydrogen-bond acceptors (Lipinski definition) is 4. The summed E-state index contributed by atoms with van der Waals surface area (Å²) in [6.07, 6.45) is 5.15. The van der Waals surface area contributed by atoms with Crippen LogP contribution in [0.5, 0.6) is 0 Å². The SMILES string of the molecule is CC(C)(C)C(=O)/C=C(\O)C(C)(C)C.Cc1[c-]c(-c2nccc3c2ccc2cc(C(C)(C)C)ccc23)cc(C)c1.Cc1[c-]c(-c2nccc3c2ccc2ccccc23)cc(C)c1.[Ir]. The number of aliphatic hydroxyl groups excluding tert-OH is 1. The minimum Gasteiger partial charge on any atom is -0.512 e. The smallest absolute Gasteiger partial charge is 0.164 e. The summed E-state index contributed by atoms with van der Waals surface area (Å²) in [7, 11) is 0. The first-order valence-electron chi connectivity index (χ1n) is 21.2. The Balaban J connectivity index is 0.000000184. The number of fused-ring (bicyclic) bond motifs is 6. The first-order valence-corrected chi connectivity index (χ1v) is 21.2. The van der Waals surface area contributed by atoms with Crippen molar-refractivity contribution in [2.24, 2.45) is 10.8 Å². The van der Waals surface area contributed by atoms with Crippen LogP contribution in [0.2, 0.25) is 0 Å². The first kappa shape index (κ1) is 47.6. The quantitative estimate of drug-likeness (QED) is 0.0829. The molecule has 6 aromatic carbocycles. The van der Waals surface area contributed by atoms with Crippen LogP contribution in [0.4, 0.5) is 0 Å². The number of pyridine rings is 2. The minimum absolute atomic E-state index is 0. The third-order valence-electron chi connectivity index (χ3n) is 10.9. The number of rotatable bonds is 3. The van der Waals surface area contributed by atoms with Crippen LogP contribution in [-0.4, -0.2) is 20.9 Å². The minimum atomic E-state index is -0.417. The van der Waals surface area contributed by atoms with Crippen molar-refractivity contribution < 1.29 is 30.0 Å². The zero-order chi connectivity index (χ0) is 44.4. The summed E-state index contributed by atoms with van der Waals surface area (Å²) in [4.78, 5) is 20.8. The van der Waals surface area contributed by atoms with Gasteiger partial charge in [-0.15, -0.1) is 69.8 Å². The van der Waals surface area contributed by atoms with Crippen molar-refractivity contribution in [1.29, 1.82) is 0 Å². The Hall–Kier alpha value is -5.48. The molecule has 0 aliphatic heterocycles. The van der Waals surface area contributed by atoms with Crippen LogP contribution in [0, 0.1) is 50.7 Å². The van der Waals surface area contributed by atoms with Crippen LogP contribution in [0.1, 0.15) is 90.1 Å². The van der Waals surface area contributed by atoms with E-state index >= 15 is 0 Å². The Kier molecular flexibility index (Phi) is 14.5. The molecule has 1 radical (unpaired) electrons. The van der Waals surface area contributed by atoms with Gasteiger partial charge in [0.15, 0.2) is 5.78 Å². The predicted octanol–water partition coefficient (Wildman–Crippen LogP) is 15.3. The van der Waals surface area contributed by atoms with Gasteiger partial charge in [0.25, 0.3) is 0 Å². The van der Waals surface area contributed by atoms with E-state index in [-0.39, 0.29) is 42.5 Å². The van der Waals surface area contributed by atoms with E-state index < -0.39 is 5.41 Å². The van der Waals surface area contributed by atoms with Gasteiger partial charge in [-0.2, -0.15) is 0 Å². The molecule has 0 bridgehead atoms. The number of hydrogen-bond donors (Lipinski definition) is 1. The molecule has 0 amide bonds. The summed E-state index contributed by atoms with van der Waals surface area (Å²) in [5.41, 5.74) is 9.69. The summed E-state index contributed by atoms with van der Waals surface area (Å²) in [5.74, 6) is 0.104. The van der Waals surface area contributed by atoms with E-state index in [1.165, 1.54) is 65.9 Å². The first-order chi connectivity index (χ1) is 28.6. The Labute approximate surface area is 382 Å². The zero-order valence-electron chi connectivity index (χ0n) is 38.6. The fourth-order valence-corrected chi connectivity index (χ4v) is 7.43. The number of carbonyl (C=O) groups excluding carboxylic acids is 1. The van der Waals surface area contributed by atoms with Gasteiger partial charge >= 0.3 is 0 Å². The van der Waals surface area contributed by atoms with Crippen molar-refractivity contribution >= 4 is 48.9 Å². The van der Waals surface area contributed by atoms with E-state index in [4.69, 9.17) is 4.98 Å². The van der Waals surface area contributed by atoms with Gasteiger partial charge in [0.1, 0.15) is 5.76 Å². The molecule has 0 spiro atoms. The standard InChI is InChI=1S/C25H24N.C21H16N.C11H20O2.Ir/c1-16-12-17(2)14-19(13-16)24-23-8-6-18-15-20(25(3,4)5)7-9-21(18)22(23)10-11-26-24;1-14-11-15(2)13-17(12-14)21-20-8-7-16-5-3-4-6-18(16)19(20)9-10-22-21;1-10(2,3)8(12)7-9(13)11(4,5)6;/h6-13,15H,1-5H3;3-12H,1-2H3;7,12H,1-6H3;/q2*-1;;/b;;8-7-;. The molecule has 0 aliphatic carbocycles. The normalized spacial score (nSPS) is 12.0. The van der Waals surface area contributed by atoms with E-state index in [1.54, 1.807) is 0 Å². The maximum Gasteiger partial charge on any atom is 0.164 e. The number of aryl methyl sites for hydroxylation is 4.